The van der Waals surface area contributed by atoms with Crippen molar-refractivity contribution in [1.82, 2.24) is 0 Å². The molecule has 0 heterocycles. The van der Waals surface area contributed by atoms with Crippen molar-refractivity contribution in [2.75, 3.05) is 5.32 Å². The Balaban J connectivity index is 1.62. The lowest BCUT2D eigenvalue weighted by molar-refractivity contribution is 0.306. The van der Waals surface area contributed by atoms with Gasteiger partial charge in [-0.05, 0) is 48.4 Å². The molecule has 3 rings (SSSR count). The van der Waals surface area contributed by atoms with Crippen LogP contribution in [0, 0.1) is 6.92 Å². The number of hydrogen-bond donors (Lipinski definition) is 1. The largest absolute Gasteiger partial charge is 0.489 e. The minimum atomic E-state index is 0.589. The molecule has 2 heteroatoms. The molecule has 0 fully saturated rings. The van der Waals surface area contributed by atoms with E-state index in [1.165, 1.54) is 11.1 Å². The number of hydrogen-bond acceptors (Lipinski definition) is 2. The van der Waals surface area contributed by atoms with Gasteiger partial charge in [-0.3, -0.25) is 0 Å². The number of para-hydroxylation sites is 1. The van der Waals surface area contributed by atoms with Crippen molar-refractivity contribution in [2.24, 2.45) is 0 Å². The SMILES string of the molecule is Cc1ccccc1Nc1ccc(OCc2ccccc2)cc1. The molecule has 3 aromatic carbocycles. The summed E-state index contributed by atoms with van der Waals surface area (Å²) in [5.74, 6) is 0.874. The van der Waals surface area contributed by atoms with Gasteiger partial charge in [-0.15, -0.1) is 0 Å². The fraction of sp³-hybridized carbons (Fsp3) is 0.100. The number of rotatable bonds is 5. The van der Waals surface area contributed by atoms with Crippen molar-refractivity contribution in [2.45, 2.75) is 13.5 Å². The molecule has 0 aliphatic rings. The van der Waals surface area contributed by atoms with E-state index in [1.807, 2.05) is 54.6 Å². The lowest BCUT2D eigenvalue weighted by Gasteiger charge is -2.11. The number of nitrogens with one attached hydrogen (secondary N) is 1. The summed E-state index contributed by atoms with van der Waals surface area (Å²) < 4.78 is 5.79. The molecule has 0 spiro atoms. The first-order chi connectivity index (χ1) is 10.8. The topological polar surface area (TPSA) is 21.3 Å². The van der Waals surface area contributed by atoms with E-state index in [9.17, 15) is 0 Å². The Morgan fingerprint density at radius 3 is 2.18 bits per heavy atom. The highest BCUT2D eigenvalue weighted by molar-refractivity contribution is 5.63. The van der Waals surface area contributed by atoms with Crippen molar-refractivity contribution < 1.29 is 4.74 Å². The minimum absolute atomic E-state index is 0.589. The van der Waals surface area contributed by atoms with E-state index >= 15 is 0 Å². The molecule has 1 N–H and O–H groups in total. The van der Waals surface area contributed by atoms with E-state index in [-0.39, 0.29) is 0 Å². The third-order valence-corrected chi connectivity index (χ3v) is 3.53. The van der Waals surface area contributed by atoms with Gasteiger partial charge in [0.2, 0.25) is 0 Å². The predicted octanol–water partition coefficient (Wildman–Crippen LogP) is 5.32. The highest BCUT2D eigenvalue weighted by Crippen LogP contribution is 2.22. The van der Waals surface area contributed by atoms with Gasteiger partial charge in [0.15, 0.2) is 0 Å². The molecule has 2 nitrogen and oxygen atoms in total. The van der Waals surface area contributed by atoms with Gasteiger partial charge in [-0.25, -0.2) is 0 Å². The molecule has 110 valence electrons. The van der Waals surface area contributed by atoms with Crippen LogP contribution in [-0.4, -0.2) is 0 Å². The molecular weight excluding hydrogens is 270 g/mol. The molecule has 22 heavy (non-hydrogen) atoms. The van der Waals surface area contributed by atoms with Gasteiger partial charge in [0.25, 0.3) is 0 Å². The zero-order valence-electron chi connectivity index (χ0n) is 12.6. The van der Waals surface area contributed by atoms with Crippen molar-refractivity contribution in [3.05, 3.63) is 90.0 Å². The van der Waals surface area contributed by atoms with Gasteiger partial charge in [0.1, 0.15) is 12.4 Å². The molecule has 0 atom stereocenters. The first kappa shape index (κ1) is 14.2. The van der Waals surface area contributed by atoms with Gasteiger partial charge >= 0.3 is 0 Å². The summed E-state index contributed by atoms with van der Waals surface area (Å²) in [7, 11) is 0. The average molecular weight is 289 g/mol. The van der Waals surface area contributed by atoms with E-state index in [0.717, 1.165) is 17.1 Å². The van der Waals surface area contributed by atoms with E-state index in [0.29, 0.717) is 6.61 Å². The summed E-state index contributed by atoms with van der Waals surface area (Å²) in [5.41, 5.74) is 4.58. The van der Waals surface area contributed by atoms with Crippen LogP contribution in [0.3, 0.4) is 0 Å². The molecule has 3 aromatic rings. The Morgan fingerprint density at radius 1 is 0.773 bits per heavy atom. The van der Waals surface area contributed by atoms with Crippen LogP contribution >= 0.6 is 0 Å². The Hall–Kier alpha value is -2.74. The lowest BCUT2D eigenvalue weighted by Crippen LogP contribution is -1.96. The van der Waals surface area contributed by atoms with Crippen molar-refractivity contribution >= 4 is 11.4 Å². The molecule has 0 radical (unpaired) electrons. The van der Waals surface area contributed by atoms with Crippen molar-refractivity contribution in [3.8, 4) is 5.75 Å². The second-order valence-electron chi connectivity index (χ2n) is 5.24. The summed E-state index contributed by atoms with van der Waals surface area (Å²) in [6, 6.07) is 26.5. The summed E-state index contributed by atoms with van der Waals surface area (Å²) in [6.07, 6.45) is 0. The third-order valence-electron chi connectivity index (χ3n) is 3.53. The zero-order valence-corrected chi connectivity index (χ0v) is 12.6. The monoisotopic (exact) mass is 289 g/mol. The van der Waals surface area contributed by atoms with Crippen LogP contribution in [0.2, 0.25) is 0 Å². The lowest BCUT2D eigenvalue weighted by atomic mass is 10.2. The minimum Gasteiger partial charge on any atom is -0.489 e. The van der Waals surface area contributed by atoms with E-state index < -0.39 is 0 Å². The fourth-order valence-corrected chi connectivity index (χ4v) is 2.24. The zero-order chi connectivity index (χ0) is 15.2. The maximum absolute atomic E-state index is 5.79. The van der Waals surface area contributed by atoms with Gasteiger partial charge < -0.3 is 10.1 Å². The van der Waals surface area contributed by atoms with E-state index in [2.05, 4.69) is 36.5 Å². The Labute approximate surface area is 131 Å². The Bertz CT molecular complexity index is 720. The quantitative estimate of drug-likeness (QED) is 0.686. The standard InChI is InChI=1S/C20H19NO/c1-16-7-5-6-10-20(16)21-18-11-13-19(14-12-18)22-15-17-8-3-2-4-9-17/h2-14,21H,15H2,1H3. The molecule has 0 amide bonds. The van der Waals surface area contributed by atoms with E-state index in [4.69, 9.17) is 4.74 Å². The molecule has 0 aliphatic carbocycles. The normalized spacial score (nSPS) is 10.2. The smallest absolute Gasteiger partial charge is 0.119 e. The maximum atomic E-state index is 5.79. The molecule has 0 unspecified atom stereocenters. The molecule has 0 aliphatic heterocycles. The average Bonchev–Trinajstić information content (AvgIpc) is 2.57. The van der Waals surface area contributed by atoms with Crippen LogP contribution in [0.4, 0.5) is 11.4 Å². The third kappa shape index (κ3) is 3.67. The van der Waals surface area contributed by atoms with Crippen LogP contribution in [-0.2, 0) is 6.61 Å². The number of aryl methyl sites for hydroxylation is 1. The van der Waals surface area contributed by atoms with Crippen LogP contribution in [0.5, 0.6) is 5.75 Å². The molecule has 0 aromatic heterocycles. The van der Waals surface area contributed by atoms with Crippen LogP contribution in [0.25, 0.3) is 0 Å². The number of benzene rings is 3. The van der Waals surface area contributed by atoms with Crippen LogP contribution < -0.4 is 10.1 Å². The first-order valence-electron chi connectivity index (χ1n) is 7.41. The fourth-order valence-electron chi connectivity index (χ4n) is 2.24. The second kappa shape index (κ2) is 6.81. The summed E-state index contributed by atoms with van der Waals surface area (Å²) in [4.78, 5) is 0. The van der Waals surface area contributed by atoms with Crippen molar-refractivity contribution in [1.29, 1.82) is 0 Å². The molecule has 0 saturated heterocycles. The van der Waals surface area contributed by atoms with Crippen LogP contribution in [0.15, 0.2) is 78.9 Å². The Kier molecular flexibility index (Phi) is 4.40. The summed E-state index contributed by atoms with van der Waals surface area (Å²) in [5, 5.41) is 3.42. The molecule has 0 saturated carbocycles. The van der Waals surface area contributed by atoms with Gasteiger partial charge in [0.05, 0.1) is 0 Å². The van der Waals surface area contributed by atoms with Gasteiger partial charge in [0, 0.05) is 11.4 Å². The second-order valence-corrected chi connectivity index (χ2v) is 5.24. The Morgan fingerprint density at radius 2 is 1.45 bits per heavy atom. The highest BCUT2D eigenvalue weighted by atomic mass is 16.5. The molecular formula is C20H19NO. The number of anilines is 2. The van der Waals surface area contributed by atoms with Gasteiger partial charge in [-0.2, -0.15) is 0 Å². The van der Waals surface area contributed by atoms with E-state index in [1.54, 1.807) is 0 Å². The van der Waals surface area contributed by atoms with Crippen LogP contribution in [0.1, 0.15) is 11.1 Å². The number of ether oxygens (including phenoxy) is 1. The maximum Gasteiger partial charge on any atom is 0.119 e. The summed E-state index contributed by atoms with van der Waals surface area (Å²) in [6.45, 7) is 2.69. The highest BCUT2D eigenvalue weighted by Gasteiger charge is 1.99. The first-order valence-corrected chi connectivity index (χ1v) is 7.41. The summed E-state index contributed by atoms with van der Waals surface area (Å²) >= 11 is 0. The van der Waals surface area contributed by atoms with Gasteiger partial charge in [-0.1, -0.05) is 48.5 Å². The van der Waals surface area contributed by atoms with Crippen molar-refractivity contribution in [3.63, 3.8) is 0 Å². The predicted molar refractivity (Wildman–Crippen MR) is 91.7 cm³/mol. The molecule has 0 bridgehead atoms.